The summed E-state index contributed by atoms with van der Waals surface area (Å²) in [5, 5.41) is 2.93. The van der Waals surface area contributed by atoms with E-state index in [9.17, 15) is 13.6 Å². The van der Waals surface area contributed by atoms with Crippen LogP contribution in [-0.4, -0.2) is 19.1 Å². The number of hydrogen-bond acceptors (Lipinski definition) is 3. The molecule has 0 spiro atoms. The van der Waals surface area contributed by atoms with Crippen molar-refractivity contribution < 1.29 is 18.3 Å². The standard InChI is InChI=1S/C14H19F2NO2/c1-4-9-17-14(3,13(18)19-5-2)10-7-6-8-11(15)12(10)16/h6-8,17H,4-5,9H2,1-3H3. The third kappa shape index (κ3) is 3.29. The third-order valence-electron chi connectivity index (χ3n) is 2.90. The first-order valence-corrected chi connectivity index (χ1v) is 6.34. The molecule has 0 heterocycles. The van der Waals surface area contributed by atoms with Gasteiger partial charge < -0.3 is 4.74 Å². The Balaban J connectivity index is 3.22. The molecule has 1 aromatic carbocycles. The number of carbonyl (C=O) groups excluding carboxylic acids is 1. The minimum absolute atomic E-state index is 0.0422. The molecule has 0 aliphatic heterocycles. The summed E-state index contributed by atoms with van der Waals surface area (Å²) in [6.45, 7) is 5.75. The molecule has 0 saturated heterocycles. The lowest BCUT2D eigenvalue weighted by Crippen LogP contribution is -2.48. The van der Waals surface area contributed by atoms with Crippen molar-refractivity contribution in [2.45, 2.75) is 32.7 Å². The lowest BCUT2D eigenvalue weighted by atomic mass is 9.91. The molecule has 0 radical (unpaired) electrons. The van der Waals surface area contributed by atoms with E-state index in [0.29, 0.717) is 6.54 Å². The molecule has 106 valence electrons. The normalized spacial score (nSPS) is 13.9. The van der Waals surface area contributed by atoms with Gasteiger partial charge in [-0.1, -0.05) is 19.1 Å². The first-order valence-electron chi connectivity index (χ1n) is 6.34. The highest BCUT2D eigenvalue weighted by Crippen LogP contribution is 2.26. The summed E-state index contributed by atoms with van der Waals surface area (Å²) in [5.74, 6) is -2.62. The number of rotatable bonds is 6. The molecule has 0 aliphatic rings. The number of hydrogen-bond donors (Lipinski definition) is 1. The highest BCUT2D eigenvalue weighted by molar-refractivity contribution is 5.82. The SMILES string of the molecule is CCCNC(C)(C(=O)OCC)c1cccc(F)c1F. The van der Waals surface area contributed by atoms with Crippen molar-refractivity contribution in [2.24, 2.45) is 0 Å². The molecule has 0 aromatic heterocycles. The Bertz CT molecular complexity index is 451. The number of halogens is 2. The van der Waals surface area contributed by atoms with Crippen LogP contribution in [0.25, 0.3) is 0 Å². The number of ether oxygens (including phenoxy) is 1. The average Bonchev–Trinajstić information content (AvgIpc) is 2.39. The van der Waals surface area contributed by atoms with Crippen LogP contribution in [0.3, 0.4) is 0 Å². The van der Waals surface area contributed by atoms with Crippen LogP contribution >= 0.6 is 0 Å². The molecule has 1 atom stereocenters. The second-order valence-corrected chi connectivity index (χ2v) is 4.37. The van der Waals surface area contributed by atoms with Gasteiger partial charge in [0.2, 0.25) is 0 Å². The van der Waals surface area contributed by atoms with Crippen LogP contribution in [0, 0.1) is 11.6 Å². The Morgan fingerprint density at radius 2 is 2.05 bits per heavy atom. The van der Waals surface area contributed by atoms with Crippen molar-refractivity contribution in [1.29, 1.82) is 0 Å². The second-order valence-electron chi connectivity index (χ2n) is 4.37. The topological polar surface area (TPSA) is 38.3 Å². The van der Waals surface area contributed by atoms with Gasteiger partial charge in [-0.25, -0.2) is 13.6 Å². The van der Waals surface area contributed by atoms with Gasteiger partial charge in [-0.05, 0) is 32.9 Å². The van der Waals surface area contributed by atoms with E-state index in [2.05, 4.69) is 5.32 Å². The van der Waals surface area contributed by atoms with Gasteiger partial charge in [0, 0.05) is 5.56 Å². The fraction of sp³-hybridized carbons (Fsp3) is 0.500. The predicted octanol–water partition coefficient (Wildman–Crippen LogP) is 2.74. The van der Waals surface area contributed by atoms with Gasteiger partial charge in [-0.15, -0.1) is 0 Å². The maximum Gasteiger partial charge on any atom is 0.330 e. The lowest BCUT2D eigenvalue weighted by molar-refractivity contribution is -0.151. The van der Waals surface area contributed by atoms with Crippen molar-refractivity contribution in [3.63, 3.8) is 0 Å². The quantitative estimate of drug-likeness (QED) is 0.808. The summed E-state index contributed by atoms with van der Waals surface area (Å²) in [5.41, 5.74) is -1.43. The van der Waals surface area contributed by atoms with Crippen molar-refractivity contribution >= 4 is 5.97 Å². The monoisotopic (exact) mass is 271 g/mol. The molecule has 0 amide bonds. The Hall–Kier alpha value is -1.49. The molecule has 1 unspecified atom stereocenters. The molecule has 1 N–H and O–H groups in total. The van der Waals surface area contributed by atoms with E-state index in [1.807, 2.05) is 6.92 Å². The van der Waals surface area contributed by atoms with E-state index in [4.69, 9.17) is 4.74 Å². The smallest absolute Gasteiger partial charge is 0.330 e. The summed E-state index contributed by atoms with van der Waals surface area (Å²) in [6.07, 6.45) is 0.756. The molecule has 0 fully saturated rings. The number of nitrogens with one attached hydrogen (secondary N) is 1. The summed E-state index contributed by atoms with van der Waals surface area (Å²) in [6, 6.07) is 3.78. The predicted molar refractivity (Wildman–Crippen MR) is 68.6 cm³/mol. The zero-order chi connectivity index (χ0) is 14.5. The molecule has 3 nitrogen and oxygen atoms in total. The van der Waals surface area contributed by atoms with E-state index >= 15 is 0 Å². The fourth-order valence-corrected chi connectivity index (χ4v) is 1.82. The fourth-order valence-electron chi connectivity index (χ4n) is 1.82. The van der Waals surface area contributed by atoms with Gasteiger partial charge in [0.15, 0.2) is 11.6 Å². The number of benzene rings is 1. The number of esters is 1. The molecule has 0 aliphatic carbocycles. The van der Waals surface area contributed by atoms with Crippen LogP contribution in [0.5, 0.6) is 0 Å². The molecule has 1 rings (SSSR count). The zero-order valence-electron chi connectivity index (χ0n) is 11.4. The summed E-state index contributed by atoms with van der Waals surface area (Å²) >= 11 is 0. The summed E-state index contributed by atoms with van der Waals surface area (Å²) < 4.78 is 32.2. The largest absolute Gasteiger partial charge is 0.464 e. The molecule has 1 aromatic rings. The van der Waals surface area contributed by atoms with E-state index < -0.39 is 23.1 Å². The average molecular weight is 271 g/mol. The molecule has 0 bridgehead atoms. The van der Waals surface area contributed by atoms with E-state index in [-0.39, 0.29) is 12.2 Å². The van der Waals surface area contributed by atoms with Crippen molar-refractivity contribution in [3.8, 4) is 0 Å². The first kappa shape index (κ1) is 15.6. The van der Waals surface area contributed by atoms with E-state index in [1.165, 1.54) is 19.1 Å². The molecular formula is C14H19F2NO2. The zero-order valence-corrected chi connectivity index (χ0v) is 11.4. The van der Waals surface area contributed by atoms with Crippen molar-refractivity contribution in [3.05, 3.63) is 35.4 Å². The van der Waals surface area contributed by atoms with Crippen LogP contribution < -0.4 is 5.32 Å². The highest BCUT2D eigenvalue weighted by Gasteiger charge is 2.39. The number of carbonyl (C=O) groups is 1. The van der Waals surface area contributed by atoms with Gasteiger partial charge in [-0.2, -0.15) is 0 Å². The van der Waals surface area contributed by atoms with Gasteiger partial charge >= 0.3 is 5.97 Å². The highest BCUT2D eigenvalue weighted by atomic mass is 19.2. The molecule has 19 heavy (non-hydrogen) atoms. The Morgan fingerprint density at radius 1 is 1.37 bits per heavy atom. The Morgan fingerprint density at radius 3 is 2.63 bits per heavy atom. The van der Waals surface area contributed by atoms with Crippen LogP contribution in [0.2, 0.25) is 0 Å². The molecular weight excluding hydrogens is 252 g/mol. The van der Waals surface area contributed by atoms with Crippen molar-refractivity contribution in [2.75, 3.05) is 13.2 Å². The maximum absolute atomic E-state index is 13.9. The Labute approximate surface area is 112 Å². The molecule has 0 saturated carbocycles. The van der Waals surface area contributed by atoms with Gasteiger partial charge in [0.25, 0.3) is 0 Å². The van der Waals surface area contributed by atoms with Gasteiger partial charge in [0.1, 0.15) is 5.54 Å². The first-order chi connectivity index (χ1) is 8.97. The third-order valence-corrected chi connectivity index (χ3v) is 2.90. The van der Waals surface area contributed by atoms with E-state index in [0.717, 1.165) is 12.5 Å². The lowest BCUT2D eigenvalue weighted by Gasteiger charge is -2.29. The Kier molecular flexibility index (Phi) is 5.42. The van der Waals surface area contributed by atoms with Gasteiger partial charge in [0.05, 0.1) is 6.61 Å². The van der Waals surface area contributed by atoms with E-state index in [1.54, 1.807) is 6.92 Å². The molecule has 5 heteroatoms. The van der Waals surface area contributed by atoms with Crippen LogP contribution in [0.4, 0.5) is 8.78 Å². The summed E-state index contributed by atoms with van der Waals surface area (Å²) in [4.78, 5) is 12.1. The minimum atomic E-state index is -1.39. The second kappa shape index (κ2) is 6.61. The van der Waals surface area contributed by atoms with Crippen LogP contribution in [0.1, 0.15) is 32.8 Å². The van der Waals surface area contributed by atoms with Gasteiger partial charge in [-0.3, -0.25) is 5.32 Å². The van der Waals surface area contributed by atoms with Crippen LogP contribution in [0.15, 0.2) is 18.2 Å². The van der Waals surface area contributed by atoms with Crippen molar-refractivity contribution in [1.82, 2.24) is 5.32 Å². The minimum Gasteiger partial charge on any atom is -0.464 e. The van der Waals surface area contributed by atoms with Crippen LogP contribution in [-0.2, 0) is 15.1 Å². The summed E-state index contributed by atoms with van der Waals surface area (Å²) in [7, 11) is 0. The maximum atomic E-state index is 13.9.